The molecule has 1 fully saturated rings. The summed E-state index contributed by atoms with van der Waals surface area (Å²) < 4.78 is 0.936. The number of piperazine rings is 1. The summed E-state index contributed by atoms with van der Waals surface area (Å²) in [7, 11) is 2.17. The maximum absolute atomic E-state index is 9.18. The van der Waals surface area contributed by atoms with E-state index in [0.717, 1.165) is 42.9 Å². The number of rotatable bonds is 4. The predicted octanol–water partition coefficient (Wildman–Crippen LogP) is 2.37. The molecule has 1 aromatic rings. The second-order valence-electron chi connectivity index (χ2n) is 5.45. The zero-order valence-corrected chi connectivity index (χ0v) is 13.7. The lowest BCUT2D eigenvalue weighted by Crippen LogP contribution is -2.47. The maximum Gasteiger partial charge on any atom is 0.101 e. The van der Waals surface area contributed by atoms with Gasteiger partial charge in [0, 0.05) is 43.2 Å². The van der Waals surface area contributed by atoms with Crippen molar-refractivity contribution in [1.82, 2.24) is 9.80 Å². The third-order valence-electron chi connectivity index (χ3n) is 3.63. The number of nitriles is 1. The number of hydrogen-bond acceptors (Lipinski definition) is 4. The van der Waals surface area contributed by atoms with E-state index in [1.807, 2.05) is 18.2 Å². The molecule has 1 heterocycles. The van der Waals surface area contributed by atoms with Crippen molar-refractivity contribution in [3.05, 3.63) is 28.2 Å². The van der Waals surface area contributed by atoms with Crippen LogP contribution < -0.4 is 5.32 Å². The van der Waals surface area contributed by atoms with Crippen molar-refractivity contribution >= 4 is 21.6 Å². The molecule has 108 valence electrons. The van der Waals surface area contributed by atoms with Gasteiger partial charge < -0.3 is 10.2 Å². The summed E-state index contributed by atoms with van der Waals surface area (Å²) in [6.45, 7) is 7.68. The summed E-state index contributed by atoms with van der Waals surface area (Å²) >= 11 is 3.40. The first-order chi connectivity index (χ1) is 9.58. The van der Waals surface area contributed by atoms with Gasteiger partial charge in [0.25, 0.3) is 0 Å². The summed E-state index contributed by atoms with van der Waals surface area (Å²) in [4.78, 5) is 4.83. The molecule has 0 aliphatic carbocycles. The first-order valence-electron chi connectivity index (χ1n) is 6.95. The van der Waals surface area contributed by atoms with Crippen LogP contribution in [0.2, 0.25) is 0 Å². The monoisotopic (exact) mass is 336 g/mol. The van der Waals surface area contributed by atoms with Crippen LogP contribution in [0.1, 0.15) is 12.5 Å². The fraction of sp³-hybridized carbons (Fsp3) is 0.533. The van der Waals surface area contributed by atoms with Crippen LogP contribution in [0.3, 0.4) is 0 Å². The Morgan fingerprint density at radius 1 is 1.35 bits per heavy atom. The van der Waals surface area contributed by atoms with E-state index in [2.05, 4.69) is 51.1 Å². The molecule has 1 aliphatic heterocycles. The lowest BCUT2D eigenvalue weighted by Gasteiger charge is -2.34. The van der Waals surface area contributed by atoms with Crippen LogP contribution in [-0.2, 0) is 0 Å². The molecule has 1 aliphatic rings. The van der Waals surface area contributed by atoms with Gasteiger partial charge in [0.15, 0.2) is 0 Å². The average Bonchev–Trinajstić information content (AvgIpc) is 2.43. The molecule has 0 bridgehead atoms. The Morgan fingerprint density at radius 3 is 2.70 bits per heavy atom. The third-order valence-corrected chi connectivity index (χ3v) is 4.13. The molecule has 0 unspecified atom stereocenters. The fourth-order valence-electron chi connectivity index (χ4n) is 2.46. The molecule has 1 saturated heterocycles. The van der Waals surface area contributed by atoms with Crippen molar-refractivity contribution in [1.29, 1.82) is 5.26 Å². The largest absolute Gasteiger partial charge is 0.380 e. The van der Waals surface area contributed by atoms with Crippen LogP contribution in [0.5, 0.6) is 0 Å². The fourth-order valence-corrected chi connectivity index (χ4v) is 2.82. The molecule has 0 saturated carbocycles. The number of hydrogen-bond donors (Lipinski definition) is 1. The Bertz CT molecular complexity index is 489. The Hall–Kier alpha value is -1.09. The summed E-state index contributed by atoms with van der Waals surface area (Å²) in [5.41, 5.74) is 1.60. The van der Waals surface area contributed by atoms with Gasteiger partial charge in [-0.1, -0.05) is 15.9 Å². The van der Waals surface area contributed by atoms with Gasteiger partial charge in [-0.15, -0.1) is 0 Å². The zero-order chi connectivity index (χ0) is 14.5. The minimum atomic E-state index is 0.326. The highest BCUT2D eigenvalue weighted by molar-refractivity contribution is 9.10. The lowest BCUT2D eigenvalue weighted by molar-refractivity contribution is 0.151. The van der Waals surface area contributed by atoms with Crippen molar-refractivity contribution in [2.24, 2.45) is 0 Å². The van der Waals surface area contributed by atoms with Gasteiger partial charge in [-0.25, -0.2) is 0 Å². The Balaban J connectivity index is 1.91. The number of nitrogens with zero attached hydrogens (tertiary/aromatic N) is 3. The molecule has 1 aromatic carbocycles. The summed E-state index contributed by atoms with van der Waals surface area (Å²) in [5.74, 6) is 0. The van der Waals surface area contributed by atoms with Gasteiger partial charge in [0.05, 0.1) is 11.3 Å². The van der Waals surface area contributed by atoms with Gasteiger partial charge in [-0.05, 0) is 32.2 Å². The molecular formula is C15H21BrN4. The van der Waals surface area contributed by atoms with Crippen molar-refractivity contribution in [2.75, 3.05) is 45.1 Å². The van der Waals surface area contributed by atoms with Crippen LogP contribution in [-0.4, -0.2) is 55.6 Å². The van der Waals surface area contributed by atoms with E-state index in [4.69, 9.17) is 0 Å². The predicted molar refractivity (Wildman–Crippen MR) is 85.9 cm³/mol. The minimum absolute atomic E-state index is 0.326. The smallest absolute Gasteiger partial charge is 0.101 e. The first-order valence-corrected chi connectivity index (χ1v) is 7.75. The molecule has 5 heteroatoms. The Labute approximate surface area is 129 Å². The minimum Gasteiger partial charge on any atom is -0.380 e. The Kier molecular flexibility index (Phi) is 5.41. The van der Waals surface area contributed by atoms with Crippen LogP contribution in [0.15, 0.2) is 22.7 Å². The number of benzene rings is 1. The van der Waals surface area contributed by atoms with Crippen LogP contribution in [0, 0.1) is 11.3 Å². The summed E-state index contributed by atoms with van der Waals surface area (Å²) in [5, 5.41) is 12.6. The second-order valence-corrected chi connectivity index (χ2v) is 6.37. The third kappa shape index (κ3) is 4.20. The Morgan fingerprint density at radius 2 is 2.05 bits per heavy atom. The second kappa shape index (κ2) is 7.07. The average molecular weight is 337 g/mol. The molecule has 4 nitrogen and oxygen atoms in total. The highest BCUT2D eigenvalue weighted by Crippen LogP contribution is 2.21. The van der Waals surface area contributed by atoms with Crippen molar-refractivity contribution in [3.8, 4) is 6.07 Å². The van der Waals surface area contributed by atoms with Gasteiger partial charge in [0.2, 0.25) is 0 Å². The highest BCUT2D eigenvalue weighted by Gasteiger charge is 2.16. The summed E-state index contributed by atoms with van der Waals surface area (Å²) in [6, 6.07) is 8.34. The molecule has 1 N–H and O–H groups in total. The summed E-state index contributed by atoms with van der Waals surface area (Å²) in [6.07, 6.45) is 0. The highest BCUT2D eigenvalue weighted by atomic mass is 79.9. The van der Waals surface area contributed by atoms with E-state index < -0.39 is 0 Å². The van der Waals surface area contributed by atoms with E-state index in [-0.39, 0.29) is 0 Å². The molecule has 2 rings (SSSR count). The quantitative estimate of drug-likeness (QED) is 0.916. The SMILES string of the molecule is C[C@@H](CN1CCN(C)CC1)Nc1ccc(Br)cc1C#N. The van der Waals surface area contributed by atoms with E-state index in [1.165, 1.54) is 0 Å². The zero-order valence-electron chi connectivity index (χ0n) is 12.1. The standard InChI is InChI=1S/C15H21BrN4/c1-12(11-20-7-5-19(2)6-8-20)18-15-4-3-14(16)9-13(15)10-17/h3-4,9,12,18H,5-8,11H2,1-2H3/t12-/m0/s1. The van der Waals surface area contributed by atoms with Crippen LogP contribution in [0.4, 0.5) is 5.69 Å². The first kappa shape index (κ1) is 15.3. The number of nitrogens with one attached hydrogen (secondary N) is 1. The molecule has 0 radical (unpaired) electrons. The number of anilines is 1. The van der Waals surface area contributed by atoms with Crippen molar-refractivity contribution in [3.63, 3.8) is 0 Å². The molecular weight excluding hydrogens is 316 g/mol. The van der Waals surface area contributed by atoms with Gasteiger partial charge in [-0.3, -0.25) is 4.90 Å². The van der Waals surface area contributed by atoms with Gasteiger partial charge in [0.1, 0.15) is 6.07 Å². The van der Waals surface area contributed by atoms with E-state index in [1.54, 1.807) is 0 Å². The van der Waals surface area contributed by atoms with E-state index in [9.17, 15) is 5.26 Å². The maximum atomic E-state index is 9.18. The molecule has 0 spiro atoms. The molecule has 20 heavy (non-hydrogen) atoms. The number of halogens is 1. The van der Waals surface area contributed by atoms with Gasteiger partial charge >= 0.3 is 0 Å². The topological polar surface area (TPSA) is 42.3 Å². The van der Waals surface area contributed by atoms with Crippen molar-refractivity contribution < 1.29 is 0 Å². The van der Waals surface area contributed by atoms with Crippen molar-refractivity contribution in [2.45, 2.75) is 13.0 Å². The normalized spacial score (nSPS) is 18.5. The lowest BCUT2D eigenvalue weighted by atomic mass is 10.1. The molecule has 0 amide bonds. The molecule has 1 atom stereocenters. The van der Waals surface area contributed by atoms with Gasteiger partial charge in [-0.2, -0.15) is 5.26 Å². The van der Waals surface area contributed by atoms with E-state index >= 15 is 0 Å². The van der Waals surface area contributed by atoms with Crippen LogP contribution in [0.25, 0.3) is 0 Å². The van der Waals surface area contributed by atoms with Crippen LogP contribution >= 0.6 is 15.9 Å². The van der Waals surface area contributed by atoms with E-state index in [0.29, 0.717) is 11.6 Å². The molecule has 0 aromatic heterocycles. The number of likely N-dealkylation sites (N-methyl/N-ethyl adjacent to an activating group) is 1.